The number of nitrogens with zero attached hydrogens (tertiary/aromatic N) is 1. The Morgan fingerprint density at radius 3 is 2.68 bits per heavy atom. The monoisotopic (exact) mass is 342 g/mol. The molecule has 0 aliphatic carbocycles. The fraction of sp³-hybridized carbons (Fsp3) is 0.167. The molecule has 2 aromatic carbocycles. The van der Waals surface area contributed by atoms with Gasteiger partial charge in [0, 0.05) is 36.5 Å². The predicted molar refractivity (Wildman–Crippen MR) is 93.7 cm³/mol. The van der Waals surface area contributed by atoms with E-state index in [9.17, 15) is 9.90 Å². The van der Waals surface area contributed by atoms with Crippen LogP contribution < -0.4 is 10.5 Å². The molecule has 0 unspecified atom stereocenters. The Labute approximate surface area is 143 Å². The van der Waals surface area contributed by atoms with Gasteiger partial charge in [-0.3, -0.25) is 0 Å². The smallest absolute Gasteiger partial charge is 0.339 e. The number of rotatable bonds is 6. The lowest BCUT2D eigenvalue weighted by Gasteiger charge is -2.09. The minimum atomic E-state index is -1.19. The van der Waals surface area contributed by atoms with Gasteiger partial charge in [-0.15, -0.1) is 0 Å². The lowest BCUT2D eigenvalue weighted by Crippen LogP contribution is -2.04. The first kappa shape index (κ1) is 16.7. The molecule has 0 radical (unpaired) electrons. The van der Waals surface area contributed by atoms with E-state index in [4.69, 9.17) is 20.3 Å². The van der Waals surface area contributed by atoms with E-state index in [1.54, 1.807) is 23.9 Å². The average molecular weight is 342 g/mol. The van der Waals surface area contributed by atoms with Crippen LogP contribution in [-0.4, -0.2) is 41.1 Å². The zero-order valence-corrected chi connectivity index (χ0v) is 13.6. The van der Waals surface area contributed by atoms with E-state index < -0.39 is 5.97 Å². The summed E-state index contributed by atoms with van der Waals surface area (Å²) >= 11 is 0. The molecule has 1 heterocycles. The second kappa shape index (κ2) is 6.74. The van der Waals surface area contributed by atoms with Gasteiger partial charge in [0.05, 0.1) is 17.8 Å². The van der Waals surface area contributed by atoms with Crippen LogP contribution in [0.2, 0.25) is 0 Å². The number of hydrogen-bond acceptors (Lipinski definition) is 5. The molecule has 1 aromatic heterocycles. The van der Waals surface area contributed by atoms with Crippen molar-refractivity contribution in [3.63, 3.8) is 0 Å². The number of phenols is 1. The fourth-order valence-corrected chi connectivity index (χ4v) is 2.63. The van der Waals surface area contributed by atoms with Crippen molar-refractivity contribution in [3.05, 3.63) is 48.2 Å². The number of nitrogen functional groups attached to an aromatic ring is 1. The topological polar surface area (TPSA) is 107 Å². The summed E-state index contributed by atoms with van der Waals surface area (Å²) in [6.45, 7) is 0.901. The van der Waals surface area contributed by atoms with Gasteiger partial charge in [0.25, 0.3) is 0 Å². The van der Waals surface area contributed by atoms with Crippen LogP contribution in [0.4, 0.5) is 5.69 Å². The van der Waals surface area contributed by atoms with E-state index in [1.165, 1.54) is 12.1 Å². The van der Waals surface area contributed by atoms with E-state index in [1.807, 2.05) is 18.2 Å². The number of aromatic carboxylic acids is 1. The maximum Gasteiger partial charge on any atom is 0.339 e. The van der Waals surface area contributed by atoms with Crippen LogP contribution >= 0.6 is 0 Å². The highest BCUT2D eigenvalue weighted by Gasteiger charge is 2.13. The number of hydrogen-bond donors (Lipinski definition) is 3. The molecule has 0 atom stereocenters. The minimum absolute atomic E-state index is 0.156. The molecule has 4 N–H and O–H groups in total. The van der Waals surface area contributed by atoms with Crippen molar-refractivity contribution < 1.29 is 24.5 Å². The second-order valence-electron chi connectivity index (χ2n) is 5.48. The summed E-state index contributed by atoms with van der Waals surface area (Å²) in [4.78, 5) is 11.0. The molecule has 0 saturated heterocycles. The first-order valence-corrected chi connectivity index (χ1v) is 7.60. The van der Waals surface area contributed by atoms with Crippen LogP contribution in [0.5, 0.6) is 11.5 Å². The highest BCUT2D eigenvalue weighted by atomic mass is 16.5. The van der Waals surface area contributed by atoms with Crippen LogP contribution in [0, 0.1) is 0 Å². The molecule has 130 valence electrons. The number of aromatic nitrogens is 1. The molecule has 0 bridgehead atoms. The molecule has 0 fully saturated rings. The zero-order valence-electron chi connectivity index (χ0n) is 13.6. The molecule has 7 nitrogen and oxygen atoms in total. The molecule has 0 amide bonds. The summed E-state index contributed by atoms with van der Waals surface area (Å²) < 4.78 is 12.4. The largest absolute Gasteiger partial charge is 0.507 e. The number of ether oxygens (including phenoxy) is 2. The molecule has 3 aromatic rings. The molecule has 0 spiro atoms. The van der Waals surface area contributed by atoms with Crippen molar-refractivity contribution in [2.24, 2.45) is 0 Å². The quantitative estimate of drug-likeness (QED) is 0.595. The van der Waals surface area contributed by atoms with Crippen molar-refractivity contribution in [1.82, 2.24) is 4.57 Å². The van der Waals surface area contributed by atoms with Gasteiger partial charge in [-0.05, 0) is 24.3 Å². The molecule has 0 saturated carbocycles. The Hall–Kier alpha value is -3.19. The van der Waals surface area contributed by atoms with Crippen molar-refractivity contribution in [2.75, 3.05) is 26.1 Å². The maximum atomic E-state index is 11.0. The van der Waals surface area contributed by atoms with E-state index in [-0.39, 0.29) is 11.3 Å². The maximum absolute atomic E-state index is 11.0. The summed E-state index contributed by atoms with van der Waals surface area (Å²) in [5.41, 5.74) is 7.86. The van der Waals surface area contributed by atoms with Gasteiger partial charge < -0.3 is 30.0 Å². The minimum Gasteiger partial charge on any atom is -0.507 e. The number of benzene rings is 2. The Balaban J connectivity index is 2.04. The number of anilines is 1. The number of nitrogens with two attached hydrogens (primary N) is 1. The van der Waals surface area contributed by atoms with Crippen LogP contribution in [0.25, 0.3) is 16.6 Å². The predicted octanol–water partition coefficient (Wildman–Crippen LogP) is 2.64. The third-order valence-corrected chi connectivity index (χ3v) is 3.85. The zero-order chi connectivity index (χ0) is 18.0. The fourth-order valence-electron chi connectivity index (χ4n) is 2.63. The Kier molecular flexibility index (Phi) is 4.49. The molecule has 0 aliphatic heterocycles. The second-order valence-corrected chi connectivity index (χ2v) is 5.48. The highest BCUT2D eigenvalue weighted by molar-refractivity contribution is 5.95. The summed E-state index contributed by atoms with van der Waals surface area (Å²) in [5, 5.41) is 19.8. The number of methoxy groups -OCH3 is 1. The molecule has 7 heteroatoms. The number of aromatic hydroxyl groups is 1. The molecule has 25 heavy (non-hydrogen) atoms. The van der Waals surface area contributed by atoms with Crippen molar-refractivity contribution in [1.29, 1.82) is 0 Å². The van der Waals surface area contributed by atoms with Gasteiger partial charge in [0.15, 0.2) is 0 Å². The molecule has 0 aliphatic rings. The summed E-state index contributed by atoms with van der Waals surface area (Å²) in [5.74, 6) is -0.831. The van der Waals surface area contributed by atoms with Crippen LogP contribution in [-0.2, 0) is 4.74 Å². The normalized spacial score (nSPS) is 10.9. The number of carbonyl (C=O) groups is 1. The molecule has 3 rings (SSSR count). The first-order chi connectivity index (χ1) is 12.0. The van der Waals surface area contributed by atoms with Crippen molar-refractivity contribution >= 4 is 22.6 Å². The Morgan fingerprint density at radius 2 is 2.00 bits per heavy atom. The number of carboxylic acid groups (broad SMARTS) is 1. The van der Waals surface area contributed by atoms with Gasteiger partial charge in [0.1, 0.15) is 23.7 Å². The van der Waals surface area contributed by atoms with E-state index >= 15 is 0 Å². The average Bonchev–Trinajstić information content (AvgIpc) is 2.91. The lowest BCUT2D eigenvalue weighted by atomic mass is 10.1. The summed E-state index contributed by atoms with van der Waals surface area (Å²) in [7, 11) is 1.60. The van der Waals surface area contributed by atoms with Gasteiger partial charge in [0.2, 0.25) is 0 Å². The summed E-state index contributed by atoms with van der Waals surface area (Å²) in [6.07, 6.45) is 1.72. The third kappa shape index (κ3) is 3.22. The first-order valence-electron chi connectivity index (χ1n) is 7.60. The number of fused-ring (bicyclic) bond motifs is 1. The van der Waals surface area contributed by atoms with Crippen LogP contribution in [0.3, 0.4) is 0 Å². The van der Waals surface area contributed by atoms with Gasteiger partial charge in [-0.2, -0.15) is 0 Å². The van der Waals surface area contributed by atoms with Gasteiger partial charge in [-0.25, -0.2) is 4.79 Å². The van der Waals surface area contributed by atoms with E-state index in [2.05, 4.69) is 0 Å². The van der Waals surface area contributed by atoms with E-state index in [0.717, 1.165) is 10.9 Å². The highest BCUT2D eigenvalue weighted by Crippen LogP contribution is 2.31. The lowest BCUT2D eigenvalue weighted by molar-refractivity contribution is 0.0694. The molecular weight excluding hydrogens is 324 g/mol. The van der Waals surface area contributed by atoms with Crippen LogP contribution in [0.15, 0.2) is 42.6 Å². The summed E-state index contributed by atoms with van der Waals surface area (Å²) in [6, 6.07) is 9.87. The Bertz CT molecular complexity index is 933. The number of carboxylic acids is 1. The van der Waals surface area contributed by atoms with Crippen molar-refractivity contribution in [3.8, 4) is 17.2 Å². The van der Waals surface area contributed by atoms with E-state index in [0.29, 0.717) is 30.3 Å². The standard InChI is InChI=1S/C18H18N2O5/c1-24-6-7-25-12-3-5-13-15(19)10-20(16(13)9-12)11-2-4-14(18(22)23)17(21)8-11/h2-5,8-10,21H,6-7,19H2,1H3,(H,22,23). The Morgan fingerprint density at radius 1 is 1.20 bits per heavy atom. The van der Waals surface area contributed by atoms with Crippen LogP contribution in [0.1, 0.15) is 10.4 Å². The van der Waals surface area contributed by atoms with Crippen molar-refractivity contribution in [2.45, 2.75) is 0 Å². The molecular formula is C18H18N2O5. The van der Waals surface area contributed by atoms with Gasteiger partial charge in [-0.1, -0.05) is 0 Å². The SMILES string of the molecule is COCCOc1ccc2c(N)cn(-c3ccc(C(=O)O)c(O)c3)c2c1. The van der Waals surface area contributed by atoms with Gasteiger partial charge >= 0.3 is 5.97 Å². The third-order valence-electron chi connectivity index (χ3n) is 3.85.